The van der Waals surface area contributed by atoms with E-state index in [2.05, 4.69) is 26.1 Å². The Balaban J connectivity index is 1.65. The van der Waals surface area contributed by atoms with E-state index in [0.29, 0.717) is 35.4 Å². The first-order valence-electron chi connectivity index (χ1n) is 8.76. The molecule has 0 aliphatic carbocycles. The summed E-state index contributed by atoms with van der Waals surface area (Å²) < 4.78 is 9.29. The SMILES string of the molecule is COCCn1c(Cc2cccn2C)nnc1SCC(=O)Nc1ccc(Cl)cc1. The molecule has 1 aromatic carbocycles. The number of nitrogens with zero attached hydrogens (tertiary/aromatic N) is 4. The van der Waals surface area contributed by atoms with Crippen molar-refractivity contribution in [3.05, 3.63) is 59.1 Å². The van der Waals surface area contributed by atoms with Gasteiger partial charge in [0.05, 0.1) is 12.4 Å². The molecule has 0 unspecified atom stereocenters. The van der Waals surface area contributed by atoms with Crippen molar-refractivity contribution < 1.29 is 9.53 Å². The van der Waals surface area contributed by atoms with Crippen LogP contribution < -0.4 is 5.32 Å². The first kappa shape index (κ1) is 20.4. The predicted octanol–water partition coefficient (Wildman–Crippen LogP) is 3.24. The van der Waals surface area contributed by atoms with Crippen molar-refractivity contribution in [2.24, 2.45) is 7.05 Å². The van der Waals surface area contributed by atoms with Crippen LogP contribution in [0.5, 0.6) is 0 Å². The lowest BCUT2D eigenvalue weighted by Crippen LogP contribution is -2.15. The molecule has 1 amide bonds. The molecule has 0 fully saturated rings. The minimum atomic E-state index is -0.113. The number of carbonyl (C=O) groups is 1. The molecule has 0 atom stereocenters. The molecule has 0 aliphatic rings. The highest BCUT2D eigenvalue weighted by atomic mass is 35.5. The highest BCUT2D eigenvalue weighted by Gasteiger charge is 2.15. The zero-order valence-electron chi connectivity index (χ0n) is 15.8. The third-order valence-corrected chi connectivity index (χ3v) is 5.38. The molecule has 0 radical (unpaired) electrons. The van der Waals surface area contributed by atoms with Gasteiger partial charge in [-0.3, -0.25) is 4.79 Å². The predicted molar refractivity (Wildman–Crippen MR) is 111 cm³/mol. The summed E-state index contributed by atoms with van der Waals surface area (Å²) in [5.41, 5.74) is 1.85. The van der Waals surface area contributed by atoms with Gasteiger partial charge in [-0.15, -0.1) is 10.2 Å². The molecule has 0 saturated carbocycles. The van der Waals surface area contributed by atoms with Gasteiger partial charge in [0.25, 0.3) is 0 Å². The van der Waals surface area contributed by atoms with Gasteiger partial charge in [0.2, 0.25) is 5.91 Å². The number of aryl methyl sites for hydroxylation is 1. The molecule has 2 heterocycles. The Labute approximate surface area is 173 Å². The number of nitrogens with one attached hydrogen (secondary N) is 1. The Hall–Kier alpha value is -2.29. The van der Waals surface area contributed by atoms with Gasteiger partial charge >= 0.3 is 0 Å². The second kappa shape index (κ2) is 9.77. The number of thioether (sulfide) groups is 1. The van der Waals surface area contributed by atoms with Gasteiger partial charge in [-0.2, -0.15) is 0 Å². The first-order chi connectivity index (χ1) is 13.6. The topological polar surface area (TPSA) is 74.0 Å². The molecular weight excluding hydrogens is 398 g/mol. The fourth-order valence-electron chi connectivity index (χ4n) is 2.67. The van der Waals surface area contributed by atoms with Crippen LogP contribution in [0.15, 0.2) is 47.8 Å². The van der Waals surface area contributed by atoms with Gasteiger partial charge in [0.15, 0.2) is 5.16 Å². The summed E-state index contributed by atoms with van der Waals surface area (Å²) in [6.07, 6.45) is 2.67. The van der Waals surface area contributed by atoms with E-state index >= 15 is 0 Å². The monoisotopic (exact) mass is 419 g/mol. The van der Waals surface area contributed by atoms with E-state index in [1.165, 1.54) is 11.8 Å². The summed E-state index contributed by atoms with van der Waals surface area (Å²) in [5.74, 6) is 0.967. The quantitative estimate of drug-likeness (QED) is 0.539. The van der Waals surface area contributed by atoms with Crippen LogP contribution in [0.2, 0.25) is 5.02 Å². The number of benzene rings is 1. The van der Waals surface area contributed by atoms with E-state index in [4.69, 9.17) is 16.3 Å². The standard InChI is InChI=1S/C19H22ClN5O2S/c1-24-9-3-4-16(24)12-17-22-23-19(25(17)10-11-27-2)28-13-18(26)21-15-7-5-14(20)6-8-15/h3-9H,10-13H2,1-2H3,(H,21,26). The van der Waals surface area contributed by atoms with Crippen molar-refractivity contribution in [1.29, 1.82) is 0 Å². The number of anilines is 1. The second-order valence-electron chi connectivity index (χ2n) is 6.17. The maximum Gasteiger partial charge on any atom is 0.234 e. The molecule has 0 aliphatic heterocycles. The number of amides is 1. The van der Waals surface area contributed by atoms with Gasteiger partial charge in [-0.1, -0.05) is 23.4 Å². The Morgan fingerprint density at radius 3 is 2.71 bits per heavy atom. The van der Waals surface area contributed by atoms with Crippen LogP contribution in [0, 0.1) is 0 Å². The zero-order valence-corrected chi connectivity index (χ0v) is 17.3. The second-order valence-corrected chi connectivity index (χ2v) is 7.55. The number of ether oxygens (including phenoxy) is 1. The number of hydrogen-bond acceptors (Lipinski definition) is 5. The molecular formula is C19H22ClN5O2S. The van der Waals surface area contributed by atoms with Crippen LogP contribution in [0.25, 0.3) is 0 Å². The van der Waals surface area contributed by atoms with Crippen molar-refractivity contribution in [2.75, 3.05) is 24.8 Å². The van der Waals surface area contributed by atoms with Gasteiger partial charge in [0, 0.05) is 49.7 Å². The lowest BCUT2D eigenvalue weighted by Gasteiger charge is -2.10. The summed E-state index contributed by atoms with van der Waals surface area (Å²) in [5, 5.41) is 12.8. The fraction of sp³-hybridized carbons (Fsp3) is 0.316. The normalized spacial score (nSPS) is 11.0. The summed E-state index contributed by atoms with van der Waals surface area (Å²) in [7, 11) is 3.66. The fourth-order valence-corrected chi connectivity index (χ4v) is 3.58. The van der Waals surface area contributed by atoms with Crippen LogP contribution >= 0.6 is 23.4 Å². The van der Waals surface area contributed by atoms with E-state index in [1.54, 1.807) is 31.4 Å². The smallest absolute Gasteiger partial charge is 0.234 e. The van der Waals surface area contributed by atoms with E-state index in [0.717, 1.165) is 11.5 Å². The maximum absolute atomic E-state index is 12.3. The Morgan fingerprint density at radius 2 is 2.04 bits per heavy atom. The maximum atomic E-state index is 12.3. The Kier molecular flexibility index (Phi) is 7.13. The summed E-state index contributed by atoms with van der Waals surface area (Å²) >= 11 is 7.22. The summed E-state index contributed by atoms with van der Waals surface area (Å²) in [4.78, 5) is 12.3. The molecule has 9 heteroatoms. The van der Waals surface area contributed by atoms with Crippen molar-refractivity contribution in [1.82, 2.24) is 19.3 Å². The van der Waals surface area contributed by atoms with Crippen molar-refractivity contribution in [3.8, 4) is 0 Å². The van der Waals surface area contributed by atoms with Crippen LogP contribution in [-0.2, 0) is 29.5 Å². The molecule has 148 valence electrons. The lowest BCUT2D eigenvalue weighted by atomic mass is 10.3. The molecule has 28 heavy (non-hydrogen) atoms. The average molecular weight is 420 g/mol. The summed E-state index contributed by atoms with van der Waals surface area (Å²) in [6, 6.07) is 11.1. The average Bonchev–Trinajstić information content (AvgIpc) is 3.26. The third kappa shape index (κ3) is 5.37. The largest absolute Gasteiger partial charge is 0.383 e. The van der Waals surface area contributed by atoms with E-state index in [9.17, 15) is 4.79 Å². The van der Waals surface area contributed by atoms with Gasteiger partial charge in [0.1, 0.15) is 5.82 Å². The van der Waals surface area contributed by atoms with E-state index in [-0.39, 0.29) is 11.7 Å². The molecule has 0 spiro atoms. The first-order valence-corrected chi connectivity index (χ1v) is 10.1. The molecule has 0 bridgehead atoms. The van der Waals surface area contributed by atoms with Crippen LogP contribution in [-0.4, -0.2) is 44.7 Å². The molecule has 3 aromatic rings. The van der Waals surface area contributed by atoms with Gasteiger partial charge in [-0.25, -0.2) is 0 Å². The Morgan fingerprint density at radius 1 is 1.25 bits per heavy atom. The van der Waals surface area contributed by atoms with Crippen molar-refractivity contribution >= 4 is 35.0 Å². The minimum Gasteiger partial charge on any atom is -0.383 e. The summed E-state index contributed by atoms with van der Waals surface area (Å²) in [6.45, 7) is 1.17. The number of hydrogen-bond donors (Lipinski definition) is 1. The molecule has 0 saturated heterocycles. The van der Waals surface area contributed by atoms with Crippen LogP contribution in [0.3, 0.4) is 0 Å². The number of rotatable bonds is 9. The molecule has 1 N–H and O–H groups in total. The van der Waals surface area contributed by atoms with Crippen LogP contribution in [0.1, 0.15) is 11.5 Å². The highest BCUT2D eigenvalue weighted by molar-refractivity contribution is 7.99. The van der Waals surface area contributed by atoms with Gasteiger partial charge in [-0.05, 0) is 36.4 Å². The van der Waals surface area contributed by atoms with Crippen molar-refractivity contribution in [2.45, 2.75) is 18.1 Å². The van der Waals surface area contributed by atoms with E-state index in [1.807, 2.05) is 23.9 Å². The third-order valence-electron chi connectivity index (χ3n) is 4.16. The van der Waals surface area contributed by atoms with Crippen LogP contribution in [0.4, 0.5) is 5.69 Å². The Bertz CT molecular complexity index is 923. The molecule has 7 nitrogen and oxygen atoms in total. The highest BCUT2D eigenvalue weighted by Crippen LogP contribution is 2.20. The number of methoxy groups -OCH3 is 1. The zero-order chi connectivity index (χ0) is 19.9. The number of carbonyl (C=O) groups excluding carboxylic acids is 1. The van der Waals surface area contributed by atoms with Gasteiger partial charge < -0.3 is 19.2 Å². The minimum absolute atomic E-state index is 0.113. The van der Waals surface area contributed by atoms with E-state index < -0.39 is 0 Å². The number of aromatic nitrogens is 4. The molecule has 2 aromatic heterocycles. The molecule has 3 rings (SSSR count). The lowest BCUT2D eigenvalue weighted by molar-refractivity contribution is -0.113. The number of halogens is 1. The van der Waals surface area contributed by atoms with Crippen molar-refractivity contribution in [3.63, 3.8) is 0 Å².